The number of hydrogen-bond acceptors (Lipinski definition) is 6. The average Bonchev–Trinajstić information content (AvgIpc) is 2.93. The van der Waals surface area contributed by atoms with Gasteiger partial charge in [-0.25, -0.2) is 4.39 Å². The number of ether oxygens (including phenoxy) is 2. The molecule has 3 rings (SSSR count). The molecule has 1 aliphatic heterocycles. The summed E-state index contributed by atoms with van der Waals surface area (Å²) >= 11 is 0.851. The molecule has 6 nitrogen and oxygen atoms in total. The van der Waals surface area contributed by atoms with Crippen LogP contribution in [0.3, 0.4) is 0 Å². The zero-order valence-corrected chi connectivity index (χ0v) is 15.5. The standard InChI is InChI=1S/C19H17FN2O4S/c1-25-15-7-6-12(8-16(15)26-2)9-17-18(23)22(19(24)27-17)11-21-14-5-3-4-13(20)10-14/h3-10,21H,11H2,1-2H3. The Kier molecular flexibility index (Phi) is 5.66. The second kappa shape index (κ2) is 8.13. The highest BCUT2D eigenvalue weighted by Gasteiger charge is 2.34. The van der Waals surface area contributed by atoms with Crippen LogP contribution in [0.1, 0.15) is 5.56 Å². The van der Waals surface area contributed by atoms with E-state index in [1.54, 1.807) is 36.4 Å². The quantitative estimate of drug-likeness (QED) is 0.756. The zero-order valence-electron chi connectivity index (χ0n) is 14.7. The fraction of sp³-hybridized carbons (Fsp3) is 0.158. The molecule has 0 spiro atoms. The van der Waals surface area contributed by atoms with Gasteiger partial charge in [0.05, 0.1) is 25.8 Å². The molecule has 0 radical (unpaired) electrons. The van der Waals surface area contributed by atoms with Crippen LogP contribution in [0.5, 0.6) is 11.5 Å². The molecule has 2 aromatic rings. The van der Waals surface area contributed by atoms with Crippen molar-refractivity contribution in [2.24, 2.45) is 0 Å². The lowest BCUT2D eigenvalue weighted by atomic mass is 10.2. The lowest BCUT2D eigenvalue weighted by Gasteiger charge is -2.14. The summed E-state index contributed by atoms with van der Waals surface area (Å²) in [7, 11) is 3.06. The first kappa shape index (κ1) is 18.8. The van der Waals surface area contributed by atoms with Crippen LogP contribution in [-0.4, -0.2) is 36.9 Å². The summed E-state index contributed by atoms with van der Waals surface area (Å²) in [4.78, 5) is 26.1. The van der Waals surface area contributed by atoms with Crippen LogP contribution in [0.2, 0.25) is 0 Å². The van der Waals surface area contributed by atoms with Crippen molar-refractivity contribution >= 4 is 34.7 Å². The van der Waals surface area contributed by atoms with E-state index >= 15 is 0 Å². The normalized spacial score (nSPS) is 15.4. The maximum atomic E-state index is 13.2. The smallest absolute Gasteiger partial charge is 0.295 e. The van der Waals surface area contributed by atoms with E-state index in [1.807, 2.05) is 0 Å². The van der Waals surface area contributed by atoms with E-state index in [0.717, 1.165) is 16.7 Å². The van der Waals surface area contributed by atoms with Crippen LogP contribution in [0.4, 0.5) is 14.9 Å². The van der Waals surface area contributed by atoms with E-state index < -0.39 is 17.0 Å². The molecule has 0 unspecified atom stereocenters. The first-order valence-corrected chi connectivity index (χ1v) is 8.80. The Labute approximate surface area is 159 Å². The molecule has 0 aromatic heterocycles. The lowest BCUT2D eigenvalue weighted by molar-refractivity contribution is -0.122. The Morgan fingerprint density at radius 2 is 1.89 bits per heavy atom. The average molecular weight is 388 g/mol. The zero-order chi connectivity index (χ0) is 19.4. The number of benzene rings is 2. The second-order valence-corrected chi connectivity index (χ2v) is 6.56. The van der Waals surface area contributed by atoms with Crippen molar-refractivity contribution in [1.29, 1.82) is 0 Å². The van der Waals surface area contributed by atoms with E-state index in [2.05, 4.69) is 5.32 Å². The summed E-state index contributed by atoms with van der Waals surface area (Å²) in [5.74, 6) is 0.284. The van der Waals surface area contributed by atoms with Gasteiger partial charge in [0.25, 0.3) is 11.1 Å². The van der Waals surface area contributed by atoms with Gasteiger partial charge in [0.2, 0.25) is 0 Å². The van der Waals surface area contributed by atoms with Crippen molar-refractivity contribution in [2.45, 2.75) is 0 Å². The molecule has 8 heteroatoms. The van der Waals surface area contributed by atoms with E-state index in [4.69, 9.17) is 9.47 Å². The minimum atomic E-state index is -0.413. The predicted molar refractivity (Wildman–Crippen MR) is 102 cm³/mol. The fourth-order valence-corrected chi connectivity index (χ4v) is 3.34. The second-order valence-electron chi connectivity index (χ2n) is 5.57. The lowest BCUT2D eigenvalue weighted by Crippen LogP contribution is -2.33. The molecule has 1 fully saturated rings. The number of halogens is 1. The van der Waals surface area contributed by atoms with Crippen LogP contribution in [-0.2, 0) is 4.79 Å². The molecule has 27 heavy (non-hydrogen) atoms. The maximum absolute atomic E-state index is 13.2. The van der Waals surface area contributed by atoms with Crippen LogP contribution >= 0.6 is 11.8 Å². The third-order valence-electron chi connectivity index (χ3n) is 3.84. The molecule has 0 bridgehead atoms. The van der Waals surface area contributed by atoms with Crippen molar-refractivity contribution in [3.63, 3.8) is 0 Å². The predicted octanol–water partition coefficient (Wildman–Crippen LogP) is 3.95. The van der Waals surface area contributed by atoms with Crippen LogP contribution < -0.4 is 14.8 Å². The number of rotatable bonds is 6. The summed E-state index contributed by atoms with van der Waals surface area (Å²) in [6.07, 6.45) is 1.62. The number of nitrogens with one attached hydrogen (secondary N) is 1. The Morgan fingerprint density at radius 1 is 1.11 bits per heavy atom. The minimum absolute atomic E-state index is 0.0443. The van der Waals surface area contributed by atoms with Gasteiger partial charge in [0.1, 0.15) is 5.82 Å². The van der Waals surface area contributed by atoms with Crippen LogP contribution in [0.15, 0.2) is 47.4 Å². The molecule has 0 aliphatic carbocycles. The van der Waals surface area contributed by atoms with Gasteiger partial charge in [-0.2, -0.15) is 0 Å². The van der Waals surface area contributed by atoms with Crippen molar-refractivity contribution in [3.8, 4) is 11.5 Å². The van der Waals surface area contributed by atoms with Gasteiger partial charge < -0.3 is 14.8 Å². The number of methoxy groups -OCH3 is 2. The summed E-state index contributed by atoms with van der Waals surface area (Å²) in [5, 5.41) is 2.48. The van der Waals surface area contributed by atoms with Crippen molar-refractivity contribution in [2.75, 3.05) is 26.2 Å². The number of imide groups is 1. The molecule has 140 valence electrons. The monoisotopic (exact) mass is 388 g/mol. The van der Waals surface area contributed by atoms with Gasteiger partial charge in [0.15, 0.2) is 11.5 Å². The van der Waals surface area contributed by atoms with Crippen LogP contribution in [0.25, 0.3) is 6.08 Å². The van der Waals surface area contributed by atoms with E-state index in [1.165, 1.54) is 26.4 Å². The van der Waals surface area contributed by atoms with E-state index in [0.29, 0.717) is 27.7 Å². The molecule has 2 amide bonds. The Morgan fingerprint density at radius 3 is 2.59 bits per heavy atom. The first-order chi connectivity index (χ1) is 13.0. The van der Waals surface area contributed by atoms with Crippen LogP contribution in [0, 0.1) is 5.82 Å². The molecular formula is C19H17FN2O4S. The summed E-state index contributed by atoms with van der Waals surface area (Å²) < 4.78 is 23.6. The Balaban J connectivity index is 1.74. The summed E-state index contributed by atoms with van der Waals surface area (Å²) in [6, 6.07) is 11.0. The topological polar surface area (TPSA) is 67.9 Å². The molecule has 1 saturated heterocycles. The van der Waals surface area contributed by atoms with Gasteiger partial charge in [-0.3, -0.25) is 14.5 Å². The minimum Gasteiger partial charge on any atom is -0.493 e. The Bertz CT molecular complexity index is 916. The van der Waals surface area contributed by atoms with Crippen molar-refractivity contribution in [1.82, 2.24) is 4.90 Å². The molecule has 1 heterocycles. The number of carbonyl (C=O) groups is 2. The largest absolute Gasteiger partial charge is 0.493 e. The summed E-state index contributed by atoms with van der Waals surface area (Å²) in [5.41, 5.74) is 1.19. The van der Waals surface area contributed by atoms with Gasteiger partial charge >= 0.3 is 0 Å². The van der Waals surface area contributed by atoms with E-state index in [9.17, 15) is 14.0 Å². The third kappa shape index (κ3) is 4.22. The fourth-order valence-electron chi connectivity index (χ4n) is 2.50. The van der Waals surface area contributed by atoms with Gasteiger partial charge in [-0.15, -0.1) is 0 Å². The van der Waals surface area contributed by atoms with Crippen molar-refractivity contribution in [3.05, 3.63) is 58.8 Å². The highest BCUT2D eigenvalue weighted by molar-refractivity contribution is 8.18. The summed E-state index contributed by atoms with van der Waals surface area (Å²) in [6.45, 7) is -0.0443. The van der Waals surface area contributed by atoms with Gasteiger partial charge in [-0.05, 0) is 53.7 Å². The number of hydrogen-bond donors (Lipinski definition) is 1. The number of anilines is 1. The molecule has 2 aromatic carbocycles. The molecule has 0 saturated carbocycles. The maximum Gasteiger partial charge on any atom is 0.295 e. The number of thioether (sulfide) groups is 1. The third-order valence-corrected chi connectivity index (χ3v) is 4.75. The molecule has 0 atom stereocenters. The number of nitrogens with zero attached hydrogens (tertiary/aromatic N) is 1. The SMILES string of the molecule is COc1ccc(C=C2SC(=O)N(CNc3cccc(F)c3)C2=O)cc1OC. The highest BCUT2D eigenvalue weighted by atomic mass is 32.2. The van der Waals surface area contributed by atoms with Gasteiger partial charge in [-0.1, -0.05) is 12.1 Å². The van der Waals surface area contributed by atoms with E-state index in [-0.39, 0.29) is 6.67 Å². The number of carbonyl (C=O) groups excluding carboxylic acids is 2. The highest BCUT2D eigenvalue weighted by Crippen LogP contribution is 2.34. The Hall–Kier alpha value is -3.00. The molecule has 1 N–H and O–H groups in total. The van der Waals surface area contributed by atoms with Crippen molar-refractivity contribution < 1.29 is 23.5 Å². The number of amides is 2. The molecular weight excluding hydrogens is 371 g/mol. The van der Waals surface area contributed by atoms with Gasteiger partial charge in [0, 0.05) is 5.69 Å². The first-order valence-electron chi connectivity index (χ1n) is 7.98. The molecule has 1 aliphatic rings.